The summed E-state index contributed by atoms with van der Waals surface area (Å²) in [6, 6.07) is 3.68. The highest BCUT2D eigenvalue weighted by Gasteiger charge is 2.21. The summed E-state index contributed by atoms with van der Waals surface area (Å²) in [6.45, 7) is 0.192. The zero-order chi connectivity index (χ0) is 12.4. The van der Waals surface area contributed by atoms with E-state index in [0.717, 1.165) is 10.0 Å². The van der Waals surface area contributed by atoms with E-state index in [9.17, 15) is 4.79 Å². The molecule has 5 heteroatoms. The van der Waals surface area contributed by atoms with Crippen LogP contribution in [0.3, 0.4) is 0 Å². The molecule has 0 bridgehead atoms. The maximum atomic E-state index is 11.4. The Morgan fingerprint density at radius 3 is 2.82 bits per heavy atom. The molecule has 0 atom stereocenters. The van der Waals surface area contributed by atoms with E-state index < -0.39 is 0 Å². The quantitative estimate of drug-likeness (QED) is 0.787. The summed E-state index contributed by atoms with van der Waals surface area (Å²) in [7, 11) is 2.92. The van der Waals surface area contributed by atoms with E-state index in [2.05, 4.69) is 20.7 Å². The Hall–Kier alpha value is -1.49. The van der Waals surface area contributed by atoms with Crippen LogP contribution in [-0.2, 0) is 9.53 Å². The van der Waals surface area contributed by atoms with Crippen molar-refractivity contribution in [1.82, 2.24) is 0 Å². The van der Waals surface area contributed by atoms with Crippen LogP contribution in [0, 0.1) is 0 Å². The second kappa shape index (κ2) is 4.79. The number of rotatable bonds is 2. The molecule has 0 unspecified atom stereocenters. The van der Waals surface area contributed by atoms with Gasteiger partial charge in [-0.3, -0.25) is 0 Å². The van der Waals surface area contributed by atoms with Crippen molar-refractivity contribution in [2.75, 3.05) is 20.8 Å². The van der Waals surface area contributed by atoms with Crippen LogP contribution in [0.2, 0.25) is 0 Å². The monoisotopic (exact) mass is 298 g/mol. The minimum atomic E-state index is -0.380. The van der Waals surface area contributed by atoms with E-state index in [1.807, 2.05) is 12.1 Å². The lowest BCUT2D eigenvalue weighted by molar-refractivity contribution is -0.136. The molecule has 1 aliphatic rings. The predicted molar refractivity (Wildman–Crippen MR) is 66.2 cm³/mol. The van der Waals surface area contributed by atoms with Gasteiger partial charge in [0.05, 0.1) is 19.8 Å². The number of ether oxygens (including phenoxy) is 3. The number of hydrogen-bond donors (Lipinski definition) is 0. The van der Waals surface area contributed by atoms with Gasteiger partial charge >= 0.3 is 5.97 Å². The third-order valence-corrected chi connectivity index (χ3v) is 2.88. The molecule has 0 aliphatic carbocycles. The second-order valence-electron chi connectivity index (χ2n) is 3.48. The molecule has 1 heterocycles. The number of carbonyl (C=O) groups is 1. The summed E-state index contributed by atoms with van der Waals surface area (Å²) >= 11 is 3.38. The van der Waals surface area contributed by atoms with Crippen molar-refractivity contribution in [1.29, 1.82) is 0 Å². The van der Waals surface area contributed by atoms with Crippen LogP contribution >= 0.6 is 15.9 Å². The van der Waals surface area contributed by atoms with Gasteiger partial charge < -0.3 is 14.2 Å². The molecule has 1 aromatic carbocycles. The molecule has 0 fully saturated rings. The summed E-state index contributed by atoms with van der Waals surface area (Å²) in [6.07, 6.45) is 1.75. The van der Waals surface area contributed by atoms with E-state index in [1.165, 1.54) is 7.11 Å². The maximum Gasteiger partial charge on any atom is 0.337 e. The molecule has 0 amide bonds. The fourth-order valence-corrected chi connectivity index (χ4v) is 2.08. The highest BCUT2D eigenvalue weighted by atomic mass is 79.9. The molecule has 0 aromatic heterocycles. The average Bonchev–Trinajstić information content (AvgIpc) is 2.35. The van der Waals surface area contributed by atoms with Crippen molar-refractivity contribution in [3.8, 4) is 11.5 Å². The summed E-state index contributed by atoms with van der Waals surface area (Å²) < 4.78 is 16.3. The zero-order valence-electron chi connectivity index (χ0n) is 9.45. The molecule has 0 saturated carbocycles. The van der Waals surface area contributed by atoms with E-state index >= 15 is 0 Å². The molecule has 0 spiro atoms. The van der Waals surface area contributed by atoms with Crippen molar-refractivity contribution in [2.24, 2.45) is 0 Å². The van der Waals surface area contributed by atoms with Gasteiger partial charge in [0.25, 0.3) is 0 Å². The Labute approximate surface area is 107 Å². The predicted octanol–water partition coefficient (Wildman–Crippen LogP) is 2.41. The highest BCUT2D eigenvalue weighted by molar-refractivity contribution is 9.10. The molecule has 4 nitrogen and oxygen atoms in total. The SMILES string of the molecule is COC(=O)C1=Cc2cc(Br)cc(OC)c2OC1. The van der Waals surface area contributed by atoms with E-state index in [-0.39, 0.29) is 12.6 Å². The summed E-state index contributed by atoms with van der Waals surface area (Å²) in [5, 5.41) is 0. The normalized spacial score (nSPS) is 13.2. The van der Waals surface area contributed by atoms with Crippen molar-refractivity contribution < 1.29 is 19.0 Å². The largest absolute Gasteiger partial charge is 0.493 e. The molecular weight excluding hydrogens is 288 g/mol. The van der Waals surface area contributed by atoms with Crippen molar-refractivity contribution in [2.45, 2.75) is 0 Å². The van der Waals surface area contributed by atoms with Crippen molar-refractivity contribution in [3.63, 3.8) is 0 Å². The van der Waals surface area contributed by atoms with Gasteiger partial charge in [0, 0.05) is 10.0 Å². The molecular formula is C12H11BrO4. The van der Waals surface area contributed by atoms with Crippen molar-refractivity contribution in [3.05, 3.63) is 27.7 Å². The number of methoxy groups -OCH3 is 2. The fourth-order valence-electron chi connectivity index (χ4n) is 1.63. The van der Waals surface area contributed by atoms with Gasteiger partial charge in [0.2, 0.25) is 0 Å². The van der Waals surface area contributed by atoms with E-state index in [1.54, 1.807) is 13.2 Å². The van der Waals surface area contributed by atoms with Gasteiger partial charge in [-0.25, -0.2) is 4.79 Å². The number of carbonyl (C=O) groups excluding carboxylic acids is 1. The lowest BCUT2D eigenvalue weighted by Gasteiger charge is -2.19. The van der Waals surface area contributed by atoms with Crippen LogP contribution in [0.1, 0.15) is 5.56 Å². The number of benzene rings is 1. The Balaban J connectivity index is 2.48. The highest BCUT2D eigenvalue weighted by Crippen LogP contribution is 2.38. The maximum absolute atomic E-state index is 11.4. The van der Waals surface area contributed by atoms with Gasteiger partial charge in [-0.2, -0.15) is 0 Å². The topological polar surface area (TPSA) is 44.8 Å². The fraction of sp³-hybridized carbons (Fsp3) is 0.250. The first-order chi connectivity index (χ1) is 8.15. The molecule has 0 radical (unpaired) electrons. The van der Waals surface area contributed by atoms with Gasteiger partial charge in [0.1, 0.15) is 6.61 Å². The van der Waals surface area contributed by atoms with Gasteiger partial charge in [-0.1, -0.05) is 15.9 Å². The molecule has 0 N–H and O–H groups in total. The average molecular weight is 299 g/mol. The standard InChI is InChI=1S/C12H11BrO4/c1-15-10-5-9(13)4-7-3-8(12(14)16-2)6-17-11(7)10/h3-5H,6H2,1-2H3. The van der Waals surface area contributed by atoms with E-state index in [4.69, 9.17) is 9.47 Å². The number of hydrogen-bond acceptors (Lipinski definition) is 4. The van der Waals surface area contributed by atoms with Crippen LogP contribution in [0.4, 0.5) is 0 Å². The molecule has 17 heavy (non-hydrogen) atoms. The number of esters is 1. The van der Waals surface area contributed by atoms with Crippen LogP contribution in [0.15, 0.2) is 22.2 Å². The van der Waals surface area contributed by atoms with Crippen LogP contribution < -0.4 is 9.47 Å². The first-order valence-electron chi connectivity index (χ1n) is 4.95. The molecule has 1 aromatic rings. The summed E-state index contributed by atoms with van der Waals surface area (Å²) in [4.78, 5) is 11.4. The Morgan fingerprint density at radius 1 is 1.41 bits per heavy atom. The Bertz CT molecular complexity index is 494. The Morgan fingerprint density at radius 2 is 2.18 bits per heavy atom. The third-order valence-electron chi connectivity index (χ3n) is 2.42. The molecule has 2 rings (SSSR count). The second-order valence-corrected chi connectivity index (χ2v) is 4.39. The first kappa shape index (κ1) is 12.0. The lowest BCUT2D eigenvalue weighted by atomic mass is 10.1. The lowest BCUT2D eigenvalue weighted by Crippen LogP contribution is -2.16. The van der Waals surface area contributed by atoms with Gasteiger partial charge in [-0.15, -0.1) is 0 Å². The van der Waals surface area contributed by atoms with Crippen molar-refractivity contribution >= 4 is 28.0 Å². The Kier molecular flexibility index (Phi) is 3.38. The van der Waals surface area contributed by atoms with E-state index in [0.29, 0.717) is 17.1 Å². The zero-order valence-corrected chi connectivity index (χ0v) is 11.0. The minimum Gasteiger partial charge on any atom is -0.493 e. The number of fused-ring (bicyclic) bond motifs is 1. The smallest absolute Gasteiger partial charge is 0.337 e. The van der Waals surface area contributed by atoms with Crippen LogP contribution in [0.25, 0.3) is 6.08 Å². The van der Waals surface area contributed by atoms with Crippen LogP contribution in [-0.4, -0.2) is 26.8 Å². The molecule has 0 saturated heterocycles. The number of halogens is 1. The minimum absolute atomic E-state index is 0.192. The third kappa shape index (κ3) is 2.29. The first-order valence-corrected chi connectivity index (χ1v) is 5.74. The van der Waals surface area contributed by atoms with Gasteiger partial charge in [0.15, 0.2) is 11.5 Å². The molecule has 1 aliphatic heterocycles. The summed E-state index contributed by atoms with van der Waals surface area (Å²) in [5.74, 6) is 0.896. The summed E-state index contributed by atoms with van der Waals surface area (Å²) in [5.41, 5.74) is 1.28. The molecule has 90 valence electrons. The van der Waals surface area contributed by atoms with Gasteiger partial charge in [-0.05, 0) is 18.2 Å². The van der Waals surface area contributed by atoms with Crippen LogP contribution in [0.5, 0.6) is 11.5 Å².